The van der Waals surface area contributed by atoms with Crippen molar-refractivity contribution in [2.45, 2.75) is 51.4 Å². The van der Waals surface area contributed by atoms with Crippen LogP contribution < -0.4 is 4.74 Å². The first-order valence-electron chi connectivity index (χ1n) is 9.09. The van der Waals surface area contributed by atoms with Gasteiger partial charge in [0.05, 0.1) is 5.52 Å². The molecule has 4 rings (SSSR count). The van der Waals surface area contributed by atoms with E-state index in [9.17, 15) is 18.0 Å². The van der Waals surface area contributed by atoms with Gasteiger partial charge in [0.25, 0.3) is 0 Å². The number of aromatic nitrogens is 1. The lowest BCUT2D eigenvalue weighted by Crippen LogP contribution is -2.40. The number of aromatic amines is 1. The van der Waals surface area contributed by atoms with E-state index in [1.54, 1.807) is 12.1 Å². The first kappa shape index (κ1) is 17.2. The van der Waals surface area contributed by atoms with Crippen molar-refractivity contribution in [2.75, 3.05) is 6.54 Å². The quantitative estimate of drug-likeness (QED) is 0.849. The van der Waals surface area contributed by atoms with Gasteiger partial charge in [0.1, 0.15) is 0 Å². The summed E-state index contributed by atoms with van der Waals surface area (Å²) in [5, 5.41) is 0.697. The average Bonchev–Trinajstić information content (AvgIpc) is 3.00. The second kappa shape index (κ2) is 6.52. The first-order chi connectivity index (χ1) is 12.4. The highest BCUT2D eigenvalue weighted by Gasteiger charge is 2.33. The van der Waals surface area contributed by atoms with Crippen LogP contribution in [0.25, 0.3) is 10.9 Å². The van der Waals surface area contributed by atoms with E-state index in [1.165, 1.54) is 12.5 Å². The van der Waals surface area contributed by atoms with E-state index in [-0.39, 0.29) is 17.6 Å². The molecule has 0 bridgehead atoms. The zero-order chi connectivity index (χ0) is 18.3. The maximum absolute atomic E-state index is 12.8. The van der Waals surface area contributed by atoms with Crippen LogP contribution in [0.15, 0.2) is 18.2 Å². The molecule has 1 fully saturated rings. The summed E-state index contributed by atoms with van der Waals surface area (Å²) in [4.78, 5) is 17.8. The van der Waals surface area contributed by atoms with Crippen molar-refractivity contribution in [3.63, 3.8) is 0 Å². The van der Waals surface area contributed by atoms with Gasteiger partial charge in [-0.3, -0.25) is 4.79 Å². The zero-order valence-electron chi connectivity index (χ0n) is 14.4. The number of nitrogens with zero attached hydrogens (tertiary/aromatic N) is 1. The topological polar surface area (TPSA) is 45.3 Å². The minimum absolute atomic E-state index is 0.0969. The van der Waals surface area contributed by atoms with Crippen molar-refractivity contribution < 1.29 is 22.7 Å². The minimum atomic E-state index is -4.73. The first-order valence-corrected chi connectivity index (χ1v) is 9.09. The Morgan fingerprint density at radius 3 is 2.69 bits per heavy atom. The monoisotopic (exact) mass is 366 g/mol. The zero-order valence-corrected chi connectivity index (χ0v) is 14.4. The summed E-state index contributed by atoms with van der Waals surface area (Å²) >= 11 is 0. The number of benzene rings is 1. The summed E-state index contributed by atoms with van der Waals surface area (Å²) in [6, 6.07) is 4.64. The molecule has 1 aromatic heterocycles. The average molecular weight is 366 g/mol. The number of rotatable bonds is 2. The Hall–Kier alpha value is -2.18. The summed E-state index contributed by atoms with van der Waals surface area (Å²) in [5.41, 5.74) is 2.15. The maximum Gasteiger partial charge on any atom is 0.573 e. The highest BCUT2D eigenvalue weighted by atomic mass is 19.4. The third-order valence-corrected chi connectivity index (χ3v) is 5.46. The molecule has 0 atom stereocenters. The highest BCUT2D eigenvalue weighted by molar-refractivity contribution is 5.90. The van der Waals surface area contributed by atoms with Crippen molar-refractivity contribution in [1.29, 1.82) is 0 Å². The predicted octanol–water partition coefficient (Wildman–Crippen LogP) is 4.53. The summed E-state index contributed by atoms with van der Waals surface area (Å²) in [7, 11) is 0. The number of amides is 1. The Kier molecular flexibility index (Phi) is 4.32. The number of H-pyrrole nitrogens is 1. The van der Waals surface area contributed by atoms with Gasteiger partial charge >= 0.3 is 6.36 Å². The molecule has 140 valence electrons. The Bertz CT molecular complexity index is 822. The molecule has 0 radical (unpaired) electrons. The number of alkyl halides is 3. The van der Waals surface area contributed by atoms with Gasteiger partial charge in [0, 0.05) is 42.1 Å². The normalized spacial score (nSPS) is 18.8. The van der Waals surface area contributed by atoms with E-state index in [2.05, 4.69) is 9.72 Å². The van der Waals surface area contributed by atoms with Gasteiger partial charge in [-0.25, -0.2) is 0 Å². The number of hydrogen-bond donors (Lipinski definition) is 1. The maximum atomic E-state index is 12.8. The Morgan fingerprint density at radius 2 is 1.96 bits per heavy atom. The fourth-order valence-corrected chi connectivity index (χ4v) is 4.22. The number of fused-ring (bicyclic) bond motifs is 3. The molecule has 2 heterocycles. The minimum Gasteiger partial charge on any atom is -0.404 e. The SMILES string of the molecule is O=C(C1CCCCC1)N1CCc2[nH]c3c(OC(F)(F)F)cccc3c2C1. The number of nitrogens with one attached hydrogen (secondary N) is 1. The van der Waals surface area contributed by atoms with Crippen molar-refractivity contribution in [1.82, 2.24) is 9.88 Å². The van der Waals surface area contributed by atoms with Gasteiger partial charge in [0.15, 0.2) is 5.75 Å². The number of carbonyl (C=O) groups is 1. The second-order valence-corrected chi connectivity index (χ2v) is 7.15. The van der Waals surface area contributed by atoms with Crippen LogP contribution in [0.1, 0.15) is 43.4 Å². The summed E-state index contributed by atoms with van der Waals surface area (Å²) in [5.74, 6) is 0.0570. The van der Waals surface area contributed by atoms with Gasteiger partial charge in [0.2, 0.25) is 5.91 Å². The van der Waals surface area contributed by atoms with Crippen molar-refractivity contribution in [2.24, 2.45) is 5.92 Å². The summed E-state index contributed by atoms with van der Waals surface area (Å²) < 4.78 is 42.1. The molecule has 0 spiro atoms. The van der Waals surface area contributed by atoms with Gasteiger partial charge in [-0.05, 0) is 18.9 Å². The lowest BCUT2D eigenvalue weighted by Gasteiger charge is -2.32. The third-order valence-electron chi connectivity index (χ3n) is 5.46. The van der Waals surface area contributed by atoms with Gasteiger partial charge in [-0.15, -0.1) is 13.2 Å². The Balaban J connectivity index is 1.61. The van der Waals surface area contributed by atoms with Crippen LogP contribution >= 0.6 is 0 Å². The van der Waals surface area contributed by atoms with Crippen LogP contribution in [0.2, 0.25) is 0 Å². The molecule has 1 aliphatic heterocycles. The number of para-hydroxylation sites is 1. The predicted molar refractivity (Wildman–Crippen MR) is 90.7 cm³/mol. The molecule has 2 aromatic rings. The van der Waals surface area contributed by atoms with Crippen LogP contribution in [-0.2, 0) is 17.8 Å². The van der Waals surface area contributed by atoms with E-state index < -0.39 is 6.36 Å². The molecule has 1 N–H and O–H groups in total. The van der Waals surface area contributed by atoms with Crippen LogP contribution in [0.5, 0.6) is 5.75 Å². The molecule has 1 amide bonds. The molecule has 7 heteroatoms. The standard InChI is InChI=1S/C19H21F3N2O2/c20-19(21,22)26-16-8-4-7-13-14-11-24(10-9-15(14)23-17(13)16)18(25)12-5-2-1-3-6-12/h4,7-8,12,23H,1-3,5-6,9-11H2. The highest BCUT2D eigenvalue weighted by Crippen LogP contribution is 2.36. The van der Waals surface area contributed by atoms with Gasteiger partial charge in [-0.1, -0.05) is 31.4 Å². The largest absolute Gasteiger partial charge is 0.573 e. The van der Waals surface area contributed by atoms with E-state index >= 15 is 0 Å². The van der Waals surface area contributed by atoms with Crippen LogP contribution in [-0.4, -0.2) is 28.7 Å². The Morgan fingerprint density at radius 1 is 1.19 bits per heavy atom. The molecular weight excluding hydrogens is 345 g/mol. The molecule has 4 nitrogen and oxygen atoms in total. The number of halogens is 3. The van der Waals surface area contributed by atoms with Crippen molar-refractivity contribution >= 4 is 16.8 Å². The number of carbonyl (C=O) groups excluding carboxylic acids is 1. The van der Waals surface area contributed by atoms with E-state index in [1.807, 2.05) is 4.90 Å². The van der Waals surface area contributed by atoms with Crippen LogP contribution in [0, 0.1) is 5.92 Å². The lowest BCUT2D eigenvalue weighted by atomic mass is 9.87. The van der Waals surface area contributed by atoms with Crippen LogP contribution in [0.4, 0.5) is 13.2 Å². The number of ether oxygens (including phenoxy) is 1. The molecule has 1 aliphatic carbocycles. The van der Waals surface area contributed by atoms with E-state index in [0.29, 0.717) is 30.4 Å². The molecule has 1 aromatic carbocycles. The molecule has 26 heavy (non-hydrogen) atoms. The fraction of sp³-hybridized carbons (Fsp3) is 0.526. The molecule has 0 saturated heterocycles. The van der Waals surface area contributed by atoms with Gasteiger partial charge in [-0.2, -0.15) is 0 Å². The number of hydrogen-bond acceptors (Lipinski definition) is 2. The van der Waals surface area contributed by atoms with E-state index in [4.69, 9.17) is 0 Å². The molecule has 2 aliphatic rings. The summed E-state index contributed by atoms with van der Waals surface area (Å²) in [6.45, 7) is 1.05. The lowest BCUT2D eigenvalue weighted by molar-refractivity contribution is -0.274. The third kappa shape index (κ3) is 3.27. The van der Waals surface area contributed by atoms with Crippen molar-refractivity contribution in [3.05, 3.63) is 29.5 Å². The molecule has 0 unspecified atom stereocenters. The van der Waals surface area contributed by atoms with E-state index in [0.717, 1.165) is 36.9 Å². The molecule has 1 saturated carbocycles. The van der Waals surface area contributed by atoms with Crippen molar-refractivity contribution in [3.8, 4) is 5.75 Å². The van der Waals surface area contributed by atoms with Gasteiger partial charge < -0.3 is 14.6 Å². The smallest absolute Gasteiger partial charge is 0.404 e. The molecular formula is C19H21F3N2O2. The Labute approximate surface area is 149 Å². The fourth-order valence-electron chi connectivity index (χ4n) is 4.22. The second-order valence-electron chi connectivity index (χ2n) is 7.15. The van der Waals surface area contributed by atoms with Crippen LogP contribution in [0.3, 0.4) is 0 Å². The summed E-state index contributed by atoms with van der Waals surface area (Å²) in [6.07, 6.45) is 1.16.